The predicted octanol–water partition coefficient (Wildman–Crippen LogP) is 2.58. The predicted molar refractivity (Wildman–Crippen MR) is 169 cm³/mol. The second-order valence-corrected chi connectivity index (χ2v) is 13.8. The fraction of sp³-hybridized carbons (Fsp3) is 0.875. The zero-order valence-electron chi connectivity index (χ0n) is 29.5. The van der Waals surface area contributed by atoms with Crippen LogP contribution in [0.2, 0.25) is 0 Å². The maximum absolute atomic E-state index is 14.1. The second-order valence-electron chi connectivity index (χ2n) is 13.8. The minimum absolute atomic E-state index is 0.0145. The van der Waals surface area contributed by atoms with Gasteiger partial charge in [-0.1, -0.05) is 25.9 Å². The van der Waals surface area contributed by atoms with E-state index in [1.807, 2.05) is 25.9 Å². The van der Waals surface area contributed by atoms with Gasteiger partial charge in [-0.3, -0.25) is 19.2 Å². The molecule has 2 saturated heterocycles. The number of carbonyl (C=O) groups excluding carboxylic acids is 4. The van der Waals surface area contributed by atoms with Gasteiger partial charge in [0.25, 0.3) is 0 Å². The van der Waals surface area contributed by atoms with E-state index in [0.29, 0.717) is 6.42 Å². The first kappa shape index (κ1) is 40.5. The second kappa shape index (κ2) is 16.6. The maximum Gasteiger partial charge on any atom is 0.316 e. The minimum Gasteiger partial charge on any atom is -0.459 e. The van der Waals surface area contributed by atoms with Gasteiger partial charge in [0.1, 0.15) is 23.4 Å². The van der Waals surface area contributed by atoms with Crippen LogP contribution in [0.3, 0.4) is 0 Å². The number of likely N-dealkylation sites (N-methyl/N-ethyl adjacent to an activating group) is 1. The number of carbonyl (C=O) groups is 4. The van der Waals surface area contributed by atoms with E-state index in [9.17, 15) is 29.4 Å². The Hall–Kier alpha value is -2.65. The Morgan fingerprint density at radius 1 is 1.11 bits per heavy atom. The van der Waals surface area contributed by atoms with Crippen LogP contribution < -0.4 is 0 Å². The van der Waals surface area contributed by atoms with Crippen LogP contribution in [0, 0.1) is 23.7 Å². The van der Waals surface area contributed by atoms with E-state index in [-0.39, 0.29) is 31.5 Å². The van der Waals surface area contributed by atoms with E-state index in [1.165, 1.54) is 34.8 Å². The zero-order chi connectivity index (χ0) is 36.0. The number of aliphatic hydroxyl groups is 2. The number of cyclic esters (lactones) is 1. The number of methoxy groups -OCH3 is 1. The first-order valence-electron chi connectivity index (χ1n) is 16.1. The molecule has 47 heavy (non-hydrogen) atoms. The lowest BCUT2D eigenvalue weighted by atomic mass is 9.74. The number of azide groups is 1. The van der Waals surface area contributed by atoms with Crippen molar-refractivity contribution >= 4 is 23.5 Å². The van der Waals surface area contributed by atoms with Gasteiger partial charge in [-0.15, -0.1) is 0 Å². The molecule has 0 aliphatic carbocycles. The largest absolute Gasteiger partial charge is 0.459 e. The molecule has 0 spiro atoms. The summed E-state index contributed by atoms with van der Waals surface area (Å²) in [5.74, 6) is -6.86. The molecule has 2 aliphatic heterocycles. The summed E-state index contributed by atoms with van der Waals surface area (Å²) >= 11 is 0. The number of ether oxygens (including phenoxy) is 5. The van der Waals surface area contributed by atoms with E-state index in [1.54, 1.807) is 20.8 Å². The van der Waals surface area contributed by atoms with Crippen LogP contribution in [0.4, 0.5) is 0 Å². The third-order valence-electron chi connectivity index (χ3n) is 9.77. The van der Waals surface area contributed by atoms with Crippen molar-refractivity contribution in [3.63, 3.8) is 0 Å². The van der Waals surface area contributed by atoms with Crippen molar-refractivity contribution < 1.29 is 53.1 Å². The third-order valence-corrected chi connectivity index (χ3v) is 9.77. The molecule has 2 heterocycles. The summed E-state index contributed by atoms with van der Waals surface area (Å²) in [5.41, 5.74) is 5.27. The average molecular weight is 671 g/mol. The van der Waals surface area contributed by atoms with Gasteiger partial charge < -0.3 is 38.8 Å². The summed E-state index contributed by atoms with van der Waals surface area (Å²) < 4.78 is 30.1. The van der Waals surface area contributed by atoms with Gasteiger partial charge in [-0.05, 0) is 66.6 Å². The molecule has 268 valence electrons. The lowest BCUT2D eigenvalue weighted by Crippen LogP contribution is -2.60. The SMILES string of the molecule is CO[C@]1(C)C[C@@H](C)C(=O)[C@H](C)[C@@H](O)[C@](C)(O)[C@@H](CCN=[N+]=[N-])OC(=O)[C@H](C)C(=O)[C@H](C)[C@H]1OC1OC(C)CC(N(C)C)C1OC(C)=O. The van der Waals surface area contributed by atoms with Crippen molar-refractivity contribution in [1.29, 1.82) is 0 Å². The molecule has 2 aliphatic rings. The molecule has 0 saturated carbocycles. The van der Waals surface area contributed by atoms with Gasteiger partial charge in [0.05, 0.1) is 30.0 Å². The smallest absolute Gasteiger partial charge is 0.316 e. The summed E-state index contributed by atoms with van der Waals surface area (Å²) in [5, 5.41) is 26.2. The van der Waals surface area contributed by atoms with E-state index >= 15 is 0 Å². The summed E-state index contributed by atoms with van der Waals surface area (Å²) in [7, 11) is 5.10. The Labute approximate surface area is 277 Å². The van der Waals surface area contributed by atoms with Gasteiger partial charge in [-0.2, -0.15) is 0 Å². The lowest BCUT2D eigenvalue weighted by molar-refractivity contribution is -0.298. The standard InChI is InChI=1S/C32H54N4O11/c1-16-15-31(7,43-11)28(47-30-26(45-21(6)37)22(36(9)10)14-17(2)44-30)19(4)25(39)20(5)29(41)46-23(12-13-34-35-33)32(8,42)27(40)18(3)24(16)38/h16-20,22-23,26-28,30,40,42H,12-15H2,1-11H3/t16-,17?,18+,19+,20-,22?,23-,26?,27-,28-,30?,31-,32-/m1/s1. The fourth-order valence-corrected chi connectivity index (χ4v) is 6.81. The molecular weight excluding hydrogens is 616 g/mol. The fourth-order valence-electron chi connectivity index (χ4n) is 6.81. The highest BCUT2D eigenvalue weighted by Crippen LogP contribution is 2.38. The topological polar surface area (TPSA) is 207 Å². The Bertz CT molecular complexity index is 1180. The van der Waals surface area contributed by atoms with Gasteiger partial charge in [0.15, 0.2) is 18.2 Å². The summed E-state index contributed by atoms with van der Waals surface area (Å²) in [6, 6.07) is -0.294. The molecule has 15 nitrogen and oxygen atoms in total. The van der Waals surface area contributed by atoms with E-state index in [0.717, 1.165) is 0 Å². The molecule has 0 radical (unpaired) electrons. The Kier molecular flexibility index (Phi) is 14.3. The molecule has 13 atom stereocenters. The van der Waals surface area contributed by atoms with Crippen molar-refractivity contribution in [1.82, 2.24) is 4.90 Å². The first-order valence-corrected chi connectivity index (χ1v) is 16.1. The summed E-state index contributed by atoms with van der Waals surface area (Å²) in [6.07, 6.45) is -6.22. The molecule has 4 unspecified atom stereocenters. The van der Waals surface area contributed by atoms with Crippen molar-refractivity contribution in [3.8, 4) is 0 Å². The number of rotatable bonds is 8. The van der Waals surface area contributed by atoms with Crippen molar-refractivity contribution in [3.05, 3.63) is 10.4 Å². The van der Waals surface area contributed by atoms with Crippen LogP contribution >= 0.6 is 0 Å². The van der Waals surface area contributed by atoms with Crippen molar-refractivity contribution in [2.24, 2.45) is 28.8 Å². The lowest BCUT2D eigenvalue weighted by Gasteiger charge is -2.47. The highest BCUT2D eigenvalue weighted by atomic mass is 16.7. The first-order chi connectivity index (χ1) is 21.7. The Morgan fingerprint density at radius 2 is 1.72 bits per heavy atom. The van der Waals surface area contributed by atoms with Crippen LogP contribution in [-0.4, -0.2) is 120 Å². The average Bonchev–Trinajstić information content (AvgIpc) is 3.00. The van der Waals surface area contributed by atoms with E-state index in [4.69, 9.17) is 29.2 Å². The van der Waals surface area contributed by atoms with Crippen LogP contribution in [0.1, 0.15) is 74.7 Å². The number of nitrogens with zero attached hydrogens (tertiary/aromatic N) is 4. The van der Waals surface area contributed by atoms with Crippen molar-refractivity contribution in [2.75, 3.05) is 27.7 Å². The van der Waals surface area contributed by atoms with Gasteiger partial charge >= 0.3 is 11.9 Å². The van der Waals surface area contributed by atoms with Gasteiger partial charge in [0, 0.05) is 43.2 Å². The number of hydrogen-bond donors (Lipinski definition) is 2. The van der Waals surface area contributed by atoms with Gasteiger partial charge in [0.2, 0.25) is 0 Å². The summed E-state index contributed by atoms with van der Waals surface area (Å²) in [6.45, 7) is 11.9. The van der Waals surface area contributed by atoms with Crippen LogP contribution in [0.5, 0.6) is 0 Å². The molecule has 2 rings (SSSR count). The molecule has 0 aromatic carbocycles. The number of hydrogen-bond acceptors (Lipinski definition) is 13. The molecule has 0 amide bonds. The van der Waals surface area contributed by atoms with Crippen LogP contribution in [-0.2, 0) is 42.9 Å². The highest BCUT2D eigenvalue weighted by Gasteiger charge is 2.52. The normalized spacial score (nSPS) is 41.1. The molecule has 0 aromatic rings. The highest BCUT2D eigenvalue weighted by molar-refractivity contribution is 6.00. The Balaban J connectivity index is 2.69. The third kappa shape index (κ3) is 9.50. The number of Topliss-reactive ketones (excluding diaryl/α,β-unsaturated/α-hetero) is 2. The molecule has 2 N–H and O–H groups in total. The summed E-state index contributed by atoms with van der Waals surface area (Å²) in [4.78, 5) is 58.1. The molecule has 0 aromatic heterocycles. The molecule has 2 fully saturated rings. The zero-order valence-corrected chi connectivity index (χ0v) is 29.5. The number of esters is 2. The molecule has 0 bridgehead atoms. The molecule has 15 heteroatoms. The number of aliphatic hydroxyl groups excluding tert-OH is 1. The Morgan fingerprint density at radius 3 is 2.26 bits per heavy atom. The molecular formula is C32H54N4O11. The van der Waals surface area contributed by atoms with E-state index < -0.39 is 89.1 Å². The van der Waals surface area contributed by atoms with Crippen LogP contribution in [0.15, 0.2) is 5.11 Å². The minimum atomic E-state index is -2.14. The quantitative estimate of drug-likeness (QED) is 0.126. The van der Waals surface area contributed by atoms with Crippen LogP contribution in [0.25, 0.3) is 10.4 Å². The van der Waals surface area contributed by atoms with E-state index in [2.05, 4.69) is 10.0 Å². The van der Waals surface area contributed by atoms with Gasteiger partial charge in [-0.25, -0.2) is 0 Å². The number of ketones is 2. The monoisotopic (exact) mass is 670 g/mol. The maximum atomic E-state index is 14.1. The van der Waals surface area contributed by atoms with Crippen molar-refractivity contribution in [2.45, 2.75) is 129 Å².